The number of hydrogen-bond donors (Lipinski definition) is 1. The molecule has 0 amide bonds. The summed E-state index contributed by atoms with van der Waals surface area (Å²) >= 11 is 0. The van der Waals surface area contributed by atoms with Gasteiger partial charge >= 0.3 is 5.97 Å². The van der Waals surface area contributed by atoms with Crippen LogP contribution in [-0.2, 0) is 9.53 Å². The zero-order valence-corrected chi connectivity index (χ0v) is 14.1. The van der Waals surface area contributed by atoms with Gasteiger partial charge in [0.25, 0.3) is 5.69 Å². The van der Waals surface area contributed by atoms with Crippen LogP contribution in [0.15, 0.2) is 54.6 Å². The molecule has 25 heavy (non-hydrogen) atoms. The van der Waals surface area contributed by atoms with Gasteiger partial charge in [-0.25, -0.2) is 4.79 Å². The summed E-state index contributed by atoms with van der Waals surface area (Å²) in [4.78, 5) is 22.1. The lowest BCUT2D eigenvalue weighted by Crippen LogP contribution is -2.11. The van der Waals surface area contributed by atoms with Crippen molar-refractivity contribution in [2.45, 2.75) is 19.4 Å². The molecule has 2 aromatic carbocycles. The van der Waals surface area contributed by atoms with Crippen LogP contribution >= 0.6 is 0 Å². The van der Waals surface area contributed by atoms with E-state index in [1.807, 2.05) is 37.3 Å². The molecule has 0 saturated carbocycles. The first kappa shape index (κ1) is 18.2. The number of nitro benzene ring substituents is 1. The second-order valence-electron chi connectivity index (χ2n) is 5.41. The standard InChI is InChI=1S/C19H20N2O4/c1-3-16(15-7-5-4-6-8-15)20-17-11-9-14(10-12-19(22)25-2)13-18(17)21(23)24/h4-13,16,20H,3H2,1-2H3/b12-10+/t16-/m1/s1. The fraction of sp³-hybridized carbons (Fsp3) is 0.211. The molecule has 0 spiro atoms. The Morgan fingerprint density at radius 2 is 2.00 bits per heavy atom. The van der Waals surface area contributed by atoms with Gasteiger partial charge in [-0.05, 0) is 29.7 Å². The van der Waals surface area contributed by atoms with E-state index in [-0.39, 0.29) is 11.7 Å². The first-order chi connectivity index (χ1) is 12.0. The van der Waals surface area contributed by atoms with Gasteiger partial charge in [-0.3, -0.25) is 10.1 Å². The van der Waals surface area contributed by atoms with Gasteiger partial charge in [-0.1, -0.05) is 43.3 Å². The number of nitrogens with zero attached hydrogens (tertiary/aromatic N) is 1. The molecule has 1 N–H and O–H groups in total. The van der Waals surface area contributed by atoms with E-state index in [1.165, 1.54) is 25.3 Å². The molecule has 0 aliphatic rings. The molecule has 0 heterocycles. The average Bonchev–Trinajstić information content (AvgIpc) is 2.65. The Bertz CT molecular complexity index is 772. The lowest BCUT2D eigenvalue weighted by Gasteiger charge is -2.19. The minimum absolute atomic E-state index is 0.0311. The third-order valence-electron chi connectivity index (χ3n) is 3.77. The van der Waals surface area contributed by atoms with Crippen LogP contribution in [-0.4, -0.2) is 18.0 Å². The van der Waals surface area contributed by atoms with Crippen LogP contribution < -0.4 is 5.32 Å². The minimum atomic E-state index is -0.514. The highest BCUT2D eigenvalue weighted by Crippen LogP contribution is 2.30. The van der Waals surface area contributed by atoms with E-state index in [4.69, 9.17) is 0 Å². The third kappa shape index (κ3) is 4.91. The molecule has 0 fully saturated rings. The Hall–Kier alpha value is -3.15. The van der Waals surface area contributed by atoms with Crippen molar-refractivity contribution < 1.29 is 14.5 Å². The highest BCUT2D eigenvalue weighted by Gasteiger charge is 2.18. The summed E-state index contributed by atoms with van der Waals surface area (Å²) < 4.78 is 4.52. The highest BCUT2D eigenvalue weighted by molar-refractivity contribution is 5.87. The van der Waals surface area contributed by atoms with Crippen molar-refractivity contribution in [1.29, 1.82) is 0 Å². The largest absolute Gasteiger partial charge is 0.466 e. The Balaban J connectivity index is 2.29. The lowest BCUT2D eigenvalue weighted by molar-refractivity contribution is -0.384. The van der Waals surface area contributed by atoms with Crippen molar-refractivity contribution in [3.8, 4) is 0 Å². The van der Waals surface area contributed by atoms with Crippen LogP contribution in [0.2, 0.25) is 0 Å². The number of carbonyl (C=O) groups excluding carboxylic acids is 1. The maximum Gasteiger partial charge on any atom is 0.330 e. The van der Waals surface area contributed by atoms with E-state index >= 15 is 0 Å². The summed E-state index contributed by atoms with van der Waals surface area (Å²) in [5.41, 5.74) is 2.02. The number of benzene rings is 2. The van der Waals surface area contributed by atoms with Crippen LogP contribution in [0.5, 0.6) is 0 Å². The molecule has 0 bridgehead atoms. The van der Waals surface area contributed by atoms with Crippen molar-refractivity contribution in [3.63, 3.8) is 0 Å². The van der Waals surface area contributed by atoms with E-state index in [2.05, 4.69) is 10.1 Å². The van der Waals surface area contributed by atoms with Gasteiger partial charge in [0.15, 0.2) is 0 Å². The smallest absolute Gasteiger partial charge is 0.330 e. The molecule has 0 unspecified atom stereocenters. The zero-order chi connectivity index (χ0) is 18.2. The predicted molar refractivity (Wildman–Crippen MR) is 97.2 cm³/mol. The average molecular weight is 340 g/mol. The van der Waals surface area contributed by atoms with Crippen LogP contribution in [0.25, 0.3) is 6.08 Å². The van der Waals surface area contributed by atoms with E-state index in [0.29, 0.717) is 11.3 Å². The molecule has 0 saturated heterocycles. The number of esters is 1. The van der Waals surface area contributed by atoms with Gasteiger partial charge in [0.2, 0.25) is 0 Å². The predicted octanol–water partition coefficient (Wildman–Crippen LogP) is 4.34. The first-order valence-electron chi connectivity index (χ1n) is 7.91. The molecule has 130 valence electrons. The Labute approximate surface area is 146 Å². The maximum absolute atomic E-state index is 11.4. The van der Waals surface area contributed by atoms with Crippen molar-refractivity contribution in [2.75, 3.05) is 12.4 Å². The molecule has 2 rings (SSSR count). The molecule has 0 aromatic heterocycles. The second kappa shape index (κ2) is 8.63. The van der Waals surface area contributed by atoms with Gasteiger partial charge in [-0.2, -0.15) is 0 Å². The number of hydrogen-bond acceptors (Lipinski definition) is 5. The van der Waals surface area contributed by atoms with Crippen LogP contribution in [0.1, 0.15) is 30.5 Å². The van der Waals surface area contributed by atoms with Crippen molar-refractivity contribution in [1.82, 2.24) is 0 Å². The highest BCUT2D eigenvalue weighted by atomic mass is 16.6. The number of methoxy groups -OCH3 is 1. The summed E-state index contributed by atoms with van der Waals surface area (Å²) in [6, 6.07) is 14.6. The van der Waals surface area contributed by atoms with Gasteiger partial charge in [-0.15, -0.1) is 0 Å². The maximum atomic E-state index is 11.4. The summed E-state index contributed by atoms with van der Waals surface area (Å²) in [5.74, 6) is -0.514. The third-order valence-corrected chi connectivity index (χ3v) is 3.77. The van der Waals surface area contributed by atoms with Gasteiger partial charge < -0.3 is 10.1 Å². The van der Waals surface area contributed by atoms with Gasteiger partial charge in [0.1, 0.15) is 5.69 Å². The van der Waals surface area contributed by atoms with E-state index in [9.17, 15) is 14.9 Å². The zero-order valence-electron chi connectivity index (χ0n) is 14.1. The molecule has 2 aromatic rings. The fourth-order valence-electron chi connectivity index (χ4n) is 2.45. The van der Waals surface area contributed by atoms with Crippen LogP contribution in [0.4, 0.5) is 11.4 Å². The second-order valence-corrected chi connectivity index (χ2v) is 5.41. The molecular weight excluding hydrogens is 320 g/mol. The number of nitro groups is 1. The summed E-state index contributed by atoms with van der Waals surface area (Å²) in [7, 11) is 1.27. The van der Waals surface area contributed by atoms with E-state index in [0.717, 1.165) is 12.0 Å². The number of anilines is 1. The Morgan fingerprint density at radius 1 is 1.28 bits per heavy atom. The molecule has 6 heteroatoms. The molecule has 1 atom stereocenters. The van der Waals surface area contributed by atoms with Gasteiger partial charge in [0.05, 0.1) is 18.1 Å². The first-order valence-corrected chi connectivity index (χ1v) is 7.91. The van der Waals surface area contributed by atoms with Crippen molar-refractivity contribution in [3.05, 3.63) is 75.8 Å². The van der Waals surface area contributed by atoms with Crippen LogP contribution in [0.3, 0.4) is 0 Å². The number of rotatable bonds is 7. The van der Waals surface area contributed by atoms with Crippen LogP contribution in [0, 0.1) is 10.1 Å². The number of carbonyl (C=O) groups is 1. The summed E-state index contributed by atoms with van der Waals surface area (Å²) in [5, 5.41) is 14.7. The monoisotopic (exact) mass is 340 g/mol. The number of ether oxygens (including phenoxy) is 1. The quantitative estimate of drug-likeness (QED) is 0.351. The molecule has 0 aliphatic heterocycles. The lowest BCUT2D eigenvalue weighted by atomic mass is 10.0. The van der Waals surface area contributed by atoms with Gasteiger partial charge in [0, 0.05) is 12.1 Å². The number of nitrogens with one attached hydrogen (secondary N) is 1. The van der Waals surface area contributed by atoms with Crippen molar-refractivity contribution in [2.24, 2.45) is 0 Å². The van der Waals surface area contributed by atoms with Crippen molar-refractivity contribution >= 4 is 23.4 Å². The Morgan fingerprint density at radius 3 is 2.60 bits per heavy atom. The summed E-state index contributed by atoms with van der Waals surface area (Å²) in [6.45, 7) is 2.02. The molecule has 0 aliphatic carbocycles. The molecule has 0 radical (unpaired) electrons. The molecular formula is C19H20N2O4. The Kier molecular flexibility index (Phi) is 6.28. The minimum Gasteiger partial charge on any atom is -0.466 e. The van der Waals surface area contributed by atoms with E-state index < -0.39 is 10.9 Å². The topological polar surface area (TPSA) is 81.5 Å². The normalized spacial score (nSPS) is 11.9. The summed E-state index contributed by atoms with van der Waals surface area (Å²) in [6.07, 6.45) is 3.49. The molecule has 6 nitrogen and oxygen atoms in total. The fourth-order valence-corrected chi connectivity index (χ4v) is 2.45. The SMILES string of the molecule is CC[C@@H](Nc1ccc(/C=C/C(=O)OC)cc1[N+](=O)[O-])c1ccccc1. The van der Waals surface area contributed by atoms with E-state index in [1.54, 1.807) is 12.1 Å².